The lowest BCUT2D eigenvalue weighted by atomic mass is 10.0. The van der Waals surface area contributed by atoms with Gasteiger partial charge in [0.15, 0.2) is 0 Å². The van der Waals surface area contributed by atoms with Crippen molar-refractivity contribution in [1.82, 2.24) is 0 Å². The van der Waals surface area contributed by atoms with Crippen LogP contribution < -0.4 is 5.32 Å². The van der Waals surface area contributed by atoms with Crippen molar-refractivity contribution in [3.05, 3.63) is 33.3 Å². The molecule has 1 aromatic carbocycles. The van der Waals surface area contributed by atoms with Crippen LogP contribution in [0.4, 0.5) is 11.4 Å². The summed E-state index contributed by atoms with van der Waals surface area (Å²) < 4.78 is 0. The number of nitro groups is 1. The summed E-state index contributed by atoms with van der Waals surface area (Å²) in [5.41, 5.74) is -0.0408. The summed E-state index contributed by atoms with van der Waals surface area (Å²) in [6.45, 7) is 1.86. The van der Waals surface area contributed by atoms with E-state index in [9.17, 15) is 14.9 Å². The molecular formula is C12H12ClN3O3. The van der Waals surface area contributed by atoms with Gasteiger partial charge in [-0.25, -0.2) is 0 Å². The lowest BCUT2D eigenvalue weighted by Gasteiger charge is -2.10. The van der Waals surface area contributed by atoms with E-state index in [1.54, 1.807) is 0 Å². The number of rotatable bonds is 5. The number of benzene rings is 1. The number of carbonyl (C=O) groups excluding carboxylic acids is 1. The number of nitrogens with zero attached hydrogens (tertiary/aromatic N) is 2. The summed E-state index contributed by atoms with van der Waals surface area (Å²) in [5, 5.41) is 22.1. The fourth-order valence-corrected chi connectivity index (χ4v) is 1.65. The SMILES string of the molecule is CCCC(C#N)C(=O)Nc1cc([N+](=O)[O-])ccc1Cl. The van der Waals surface area contributed by atoms with Crippen molar-refractivity contribution in [2.24, 2.45) is 5.92 Å². The quantitative estimate of drug-likeness (QED) is 0.662. The standard InChI is InChI=1S/C12H12ClN3O3/c1-2-3-8(7-14)12(17)15-11-6-9(16(18)19)4-5-10(11)13/h4-6,8H,2-3H2,1H3,(H,15,17). The average molecular weight is 282 g/mol. The second-order valence-electron chi connectivity index (χ2n) is 3.88. The molecule has 1 aromatic rings. The first-order valence-electron chi connectivity index (χ1n) is 5.64. The lowest BCUT2D eigenvalue weighted by molar-refractivity contribution is -0.384. The molecule has 0 aromatic heterocycles. The van der Waals surface area contributed by atoms with Crippen molar-refractivity contribution in [2.75, 3.05) is 5.32 Å². The Morgan fingerprint density at radius 1 is 1.63 bits per heavy atom. The molecule has 7 heteroatoms. The number of non-ortho nitro benzene ring substituents is 1. The molecule has 0 spiro atoms. The number of nitro benzene ring substituents is 1. The van der Waals surface area contributed by atoms with Gasteiger partial charge < -0.3 is 5.32 Å². The minimum absolute atomic E-state index is 0.136. The lowest BCUT2D eigenvalue weighted by Crippen LogP contribution is -2.21. The molecule has 0 aliphatic rings. The Morgan fingerprint density at radius 3 is 2.84 bits per heavy atom. The molecule has 0 bridgehead atoms. The first kappa shape index (κ1) is 14.9. The number of hydrogen-bond donors (Lipinski definition) is 1. The summed E-state index contributed by atoms with van der Waals surface area (Å²) in [7, 11) is 0. The van der Waals surface area contributed by atoms with Crippen LogP contribution in [0, 0.1) is 27.4 Å². The molecule has 1 atom stereocenters. The van der Waals surface area contributed by atoms with Crippen LogP contribution in [0.15, 0.2) is 18.2 Å². The highest BCUT2D eigenvalue weighted by atomic mass is 35.5. The van der Waals surface area contributed by atoms with E-state index in [1.807, 2.05) is 13.0 Å². The van der Waals surface area contributed by atoms with Gasteiger partial charge in [0.25, 0.3) is 5.69 Å². The molecule has 1 amide bonds. The second kappa shape index (κ2) is 6.71. The second-order valence-corrected chi connectivity index (χ2v) is 4.29. The zero-order chi connectivity index (χ0) is 14.4. The van der Waals surface area contributed by atoms with Gasteiger partial charge in [0, 0.05) is 12.1 Å². The molecule has 0 radical (unpaired) electrons. The van der Waals surface area contributed by atoms with Gasteiger partial charge in [-0.05, 0) is 12.5 Å². The largest absolute Gasteiger partial charge is 0.323 e. The molecule has 1 rings (SSSR count). The third kappa shape index (κ3) is 3.93. The van der Waals surface area contributed by atoms with Gasteiger partial charge in [-0.3, -0.25) is 14.9 Å². The zero-order valence-corrected chi connectivity index (χ0v) is 11.0. The molecule has 0 heterocycles. The maximum Gasteiger partial charge on any atom is 0.271 e. The Kier molecular flexibility index (Phi) is 5.27. The van der Waals surface area contributed by atoms with Crippen LogP contribution in [0.2, 0.25) is 5.02 Å². The summed E-state index contributed by atoms with van der Waals surface area (Å²) in [4.78, 5) is 21.9. The van der Waals surface area contributed by atoms with Gasteiger partial charge in [0.2, 0.25) is 5.91 Å². The fraction of sp³-hybridized carbons (Fsp3) is 0.333. The van der Waals surface area contributed by atoms with E-state index in [0.29, 0.717) is 12.8 Å². The molecule has 6 nitrogen and oxygen atoms in total. The number of halogens is 1. The molecule has 0 fully saturated rings. The summed E-state index contributed by atoms with van der Waals surface area (Å²) >= 11 is 5.85. The third-order valence-corrected chi connectivity index (χ3v) is 2.80. The van der Waals surface area contributed by atoms with E-state index >= 15 is 0 Å². The highest BCUT2D eigenvalue weighted by Gasteiger charge is 2.19. The Bertz CT molecular complexity index is 540. The Balaban J connectivity index is 2.93. The monoisotopic (exact) mass is 281 g/mol. The van der Waals surface area contributed by atoms with E-state index in [4.69, 9.17) is 16.9 Å². The van der Waals surface area contributed by atoms with Crippen LogP contribution in [-0.4, -0.2) is 10.8 Å². The topological polar surface area (TPSA) is 96.0 Å². The van der Waals surface area contributed by atoms with E-state index in [-0.39, 0.29) is 16.4 Å². The normalized spacial score (nSPS) is 11.4. The number of anilines is 1. The predicted octanol–water partition coefficient (Wildman–Crippen LogP) is 3.13. The molecule has 0 saturated heterocycles. The maximum absolute atomic E-state index is 11.8. The van der Waals surface area contributed by atoms with Gasteiger partial charge in [-0.15, -0.1) is 0 Å². The molecule has 19 heavy (non-hydrogen) atoms. The van der Waals surface area contributed by atoms with Crippen LogP contribution >= 0.6 is 11.6 Å². The highest BCUT2D eigenvalue weighted by Crippen LogP contribution is 2.27. The summed E-state index contributed by atoms with van der Waals surface area (Å²) in [6, 6.07) is 5.63. The van der Waals surface area contributed by atoms with Crippen LogP contribution in [0.3, 0.4) is 0 Å². The number of amides is 1. The smallest absolute Gasteiger partial charge is 0.271 e. The van der Waals surface area contributed by atoms with Crippen LogP contribution in [0.5, 0.6) is 0 Å². The maximum atomic E-state index is 11.8. The number of carbonyl (C=O) groups is 1. The van der Waals surface area contributed by atoms with Gasteiger partial charge in [-0.1, -0.05) is 24.9 Å². The van der Waals surface area contributed by atoms with Gasteiger partial charge in [-0.2, -0.15) is 5.26 Å². The van der Waals surface area contributed by atoms with Crippen molar-refractivity contribution in [2.45, 2.75) is 19.8 Å². The van der Waals surface area contributed by atoms with Gasteiger partial charge >= 0.3 is 0 Å². The zero-order valence-electron chi connectivity index (χ0n) is 10.2. The Hall–Kier alpha value is -2.13. The van der Waals surface area contributed by atoms with E-state index < -0.39 is 16.7 Å². The third-order valence-electron chi connectivity index (χ3n) is 2.47. The van der Waals surface area contributed by atoms with Crippen molar-refractivity contribution in [3.8, 4) is 6.07 Å². The predicted molar refractivity (Wildman–Crippen MR) is 70.7 cm³/mol. The minimum Gasteiger partial charge on any atom is -0.323 e. The van der Waals surface area contributed by atoms with Crippen LogP contribution in [-0.2, 0) is 4.79 Å². The molecule has 0 saturated carbocycles. The van der Waals surface area contributed by atoms with Crippen molar-refractivity contribution in [3.63, 3.8) is 0 Å². The molecule has 0 aliphatic carbocycles. The van der Waals surface area contributed by atoms with Gasteiger partial charge in [0.05, 0.1) is 21.7 Å². The highest BCUT2D eigenvalue weighted by molar-refractivity contribution is 6.33. The average Bonchev–Trinajstić information content (AvgIpc) is 2.38. The molecule has 100 valence electrons. The summed E-state index contributed by atoms with van der Waals surface area (Å²) in [6.07, 6.45) is 1.11. The van der Waals surface area contributed by atoms with E-state index in [2.05, 4.69) is 5.32 Å². The van der Waals surface area contributed by atoms with Crippen LogP contribution in [0.25, 0.3) is 0 Å². The number of hydrogen-bond acceptors (Lipinski definition) is 4. The van der Waals surface area contributed by atoms with Crippen molar-refractivity contribution >= 4 is 28.9 Å². The van der Waals surface area contributed by atoms with Crippen molar-refractivity contribution < 1.29 is 9.72 Å². The number of nitrogens with one attached hydrogen (secondary N) is 1. The van der Waals surface area contributed by atoms with Gasteiger partial charge in [0.1, 0.15) is 5.92 Å². The van der Waals surface area contributed by atoms with Crippen molar-refractivity contribution in [1.29, 1.82) is 5.26 Å². The Labute approximate surface area is 115 Å². The molecular weight excluding hydrogens is 270 g/mol. The minimum atomic E-state index is -0.791. The first-order chi connectivity index (χ1) is 8.99. The first-order valence-corrected chi connectivity index (χ1v) is 6.01. The van der Waals surface area contributed by atoms with Crippen LogP contribution in [0.1, 0.15) is 19.8 Å². The molecule has 1 N–H and O–H groups in total. The Morgan fingerprint density at radius 2 is 2.32 bits per heavy atom. The summed E-state index contributed by atoms with van der Waals surface area (Å²) in [5.74, 6) is -1.30. The molecule has 1 unspecified atom stereocenters. The fourth-order valence-electron chi connectivity index (χ4n) is 1.49. The van der Waals surface area contributed by atoms with E-state index in [1.165, 1.54) is 18.2 Å². The number of nitriles is 1. The molecule has 0 aliphatic heterocycles. The van der Waals surface area contributed by atoms with E-state index in [0.717, 1.165) is 0 Å².